The number of oxime groups is 1. The molecule has 0 spiro atoms. The van der Waals surface area contributed by atoms with Gasteiger partial charge < -0.3 is 20.4 Å². The Morgan fingerprint density at radius 2 is 1.75 bits per heavy atom. The Labute approximate surface area is 117 Å². The number of hydrogen-bond acceptors (Lipinski definition) is 4. The van der Waals surface area contributed by atoms with Crippen LogP contribution in [0.4, 0.5) is 0 Å². The van der Waals surface area contributed by atoms with E-state index in [1.807, 2.05) is 30.3 Å². The fourth-order valence-electron chi connectivity index (χ4n) is 1.70. The summed E-state index contributed by atoms with van der Waals surface area (Å²) in [5.41, 5.74) is 7.17. The topological polar surface area (TPSA) is 77.1 Å². The second-order valence-electron chi connectivity index (χ2n) is 4.08. The zero-order valence-corrected chi connectivity index (χ0v) is 10.9. The first kappa shape index (κ1) is 13.9. The third-order valence-corrected chi connectivity index (χ3v) is 2.68. The summed E-state index contributed by atoms with van der Waals surface area (Å²) in [6.07, 6.45) is 0. The van der Waals surface area contributed by atoms with E-state index in [4.69, 9.17) is 20.4 Å². The number of ether oxygens (including phenoxy) is 2. The molecule has 104 valence electrons. The number of hydrogen-bond donors (Lipinski definition) is 2. The van der Waals surface area contributed by atoms with Gasteiger partial charge >= 0.3 is 0 Å². The largest absolute Gasteiger partial charge is 0.467 e. The minimum Gasteiger partial charge on any atom is -0.467 e. The van der Waals surface area contributed by atoms with Crippen molar-refractivity contribution in [3.8, 4) is 5.75 Å². The van der Waals surface area contributed by atoms with Crippen molar-refractivity contribution in [2.75, 3.05) is 6.79 Å². The molecule has 0 fully saturated rings. The minimum atomic E-state index is 0.00339. The van der Waals surface area contributed by atoms with Gasteiger partial charge in [0.05, 0.1) is 12.2 Å². The van der Waals surface area contributed by atoms with Gasteiger partial charge in [-0.05, 0) is 17.7 Å². The molecule has 5 nitrogen and oxygen atoms in total. The van der Waals surface area contributed by atoms with Crippen LogP contribution in [0.3, 0.4) is 0 Å². The van der Waals surface area contributed by atoms with Gasteiger partial charge in [-0.1, -0.05) is 47.6 Å². The third kappa shape index (κ3) is 3.73. The molecule has 2 aromatic carbocycles. The number of nitrogens with two attached hydrogens (primary N) is 1. The summed E-state index contributed by atoms with van der Waals surface area (Å²) < 4.78 is 10.9. The van der Waals surface area contributed by atoms with Crippen molar-refractivity contribution in [2.24, 2.45) is 10.9 Å². The van der Waals surface area contributed by atoms with Gasteiger partial charge in [-0.3, -0.25) is 0 Å². The summed E-state index contributed by atoms with van der Waals surface area (Å²) in [7, 11) is 0. The summed E-state index contributed by atoms with van der Waals surface area (Å²) in [5.74, 6) is 0.513. The van der Waals surface area contributed by atoms with Crippen LogP contribution in [0.25, 0.3) is 0 Å². The predicted octanol–water partition coefficient (Wildman–Crippen LogP) is 2.33. The van der Waals surface area contributed by atoms with Gasteiger partial charge in [-0.2, -0.15) is 0 Å². The summed E-state index contributed by atoms with van der Waals surface area (Å²) in [4.78, 5) is 0. The highest BCUT2D eigenvalue weighted by Gasteiger charge is 2.07. The van der Waals surface area contributed by atoms with Crippen molar-refractivity contribution in [1.82, 2.24) is 0 Å². The Kier molecular flexibility index (Phi) is 4.97. The Bertz CT molecular complexity index is 570. The van der Waals surface area contributed by atoms with E-state index in [9.17, 15) is 0 Å². The molecule has 0 aliphatic heterocycles. The summed E-state index contributed by atoms with van der Waals surface area (Å²) in [6, 6.07) is 16.8. The van der Waals surface area contributed by atoms with Crippen LogP contribution in [0, 0.1) is 0 Å². The molecule has 0 aliphatic rings. The molecule has 5 heteroatoms. The highest BCUT2D eigenvalue weighted by molar-refractivity contribution is 5.99. The standard InChI is InChI=1S/C15H16N2O3/c16-15(17-18)13-8-4-5-9-14(13)20-11-19-10-12-6-2-1-3-7-12/h1-9,18H,10-11H2,(H2,16,17). The monoisotopic (exact) mass is 272 g/mol. The van der Waals surface area contributed by atoms with E-state index in [1.165, 1.54) is 0 Å². The number of amidine groups is 1. The van der Waals surface area contributed by atoms with Crippen molar-refractivity contribution in [3.63, 3.8) is 0 Å². The van der Waals surface area contributed by atoms with Gasteiger partial charge in [0.25, 0.3) is 0 Å². The molecule has 0 aliphatic carbocycles. The zero-order chi connectivity index (χ0) is 14.2. The van der Waals surface area contributed by atoms with Gasteiger partial charge in [0, 0.05) is 0 Å². The lowest BCUT2D eigenvalue weighted by Crippen LogP contribution is -2.15. The van der Waals surface area contributed by atoms with E-state index >= 15 is 0 Å². The Morgan fingerprint density at radius 1 is 1.05 bits per heavy atom. The van der Waals surface area contributed by atoms with E-state index in [0.717, 1.165) is 5.56 Å². The lowest BCUT2D eigenvalue weighted by Gasteiger charge is -2.10. The van der Waals surface area contributed by atoms with E-state index in [0.29, 0.717) is 17.9 Å². The first-order chi connectivity index (χ1) is 9.81. The second kappa shape index (κ2) is 7.16. The molecule has 0 amide bonds. The fourth-order valence-corrected chi connectivity index (χ4v) is 1.70. The van der Waals surface area contributed by atoms with E-state index in [1.54, 1.807) is 24.3 Å². The number of rotatable bonds is 6. The number of nitrogens with zero attached hydrogens (tertiary/aromatic N) is 1. The molecule has 0 aromatic heterocycles. The molecule has 0 radical (unpaired) electrons. The summed E-state index contributed by atoms with van der Waals surface area (Å²) in [6.45, 7) is 0.553. The molecule has 0 bridgehead atoms. The van der Waals surface area contributed by atoms with Crippen LogP contribution in [0.1, 0.15) is 11.1 Å². The predicted molar refractivity (Wildman–Crippen MR) is 75.7 cm³/mol. The fraction of sp³-hybridized carbons (Fsp3) is 0.133. The molecule has 0 atom stereocenters. The van der Waals surface area contributed by atoms with Crippen molar-refractivity contribution in [2.45, 2.75) is 6.61 Å². The normalized spacial score (nSPS) is 11.3. The Morgan fingerprint density at radius 3 is 2.50 bits per heavy atom. The molecule has 0 saturated carbocycles. The second-order valence-corrected chi connectivity index (χ2v) is 4.08. The number of para-hydroxylation sites is 1. The molecule has 0 saturated heterocycles. The molecule has 0 heterocycles. The van der Waals surface area contributed by atoms with Crippen LogP contribution >= 0.6 is 0 Å². The summed E-state index contributed by atoms with van der Waals surface area (Å²) in [5, 5.41) is 11.7. The molecular weight excluding hydrogens is 256 g/mol. The van der Waals surface area contributed by atoms with Crippen LogP contribution in [-0.2, 0) is 11.3 Å². The van der Waals surface area contributed by atoms with Crippen molar-refractivity contribution in [1.29, 1.82) is 0 Å². The maximum absolute atomic E-state index is 8.71. The highest BCUT2D eigenvalue weighted by Crippen LogP contribution is 2.17. The molecule has 0 unspecified atom stereocenters. The lowest BCUT2D eigenvalue weighted by molar-refractivity contribution is 0.00493. The number of benzene rings is 2. The van der Waals surface area contributed by atoms with Crippen LogP contribution in [0.15, 0.2) is 59.8 Å². The van der Waals surface area contributed by atoms with Crippen LogP contribution in [0.2, 0.25) is 0 Å². The average molecular weight is 272 g/mol. The molecule has 2 rings (SSSR count). The van der Waals surface area contributed by atoms with Crippen LogP contribution in [-0.4, -0.2) is 17.8 Å². The maximum atomic E-state index is 8.71. The van der Waals surface area contributed by atoms with Gasteiger partial charge in [-0.15, -0.1) is 0 Å². The Hall–Kier alpha value is -2.53. The van der Waals surface area contributed by atoms with E-state index < -0.39 is 0 Å². The van der Waals surface area contributed by atoms with Crippen molar-refractivity contribution >= 4 is 5.84 Å². The van der Waals surface area contributed by atoms with Crippen molar-refractivity contribution < 1.29 is 14.7 Å². The van der Waals surface area contributed by atoms with Crippen LogP contribution < -0.4 is 10.5 Å². The minimum absolute atomic E-state index is 0.00339. The summed E-state index contributed by atoms with van der Waals surface area (Å²) >= 11 is 0. The molecular formula is C15H16N2O3. The van der Waals surface area contributed by atoms with E-state index in [2.05, 4.69) is 5.16 Å². The average Bonchev–Trinajstić information content (AvgIpc) is 2.52. The van der Waals surface area contributed by atoms with Gasteiger partial charge in [0.1, 0.15) is 5.75 Å². The highest BCUT2D eigenvalue weighted by atomic mass is 16.7. The zero-order valence-electron chi connectivity index (χ0n) is 10.9. The SMILES string of the molecule is N/C(=N/O)c1ccccc1OCOCc1ccccc1. The third-order valence-electron chi connectivity index (χ3n) is 2.68. The van der Waals surface area contributed by atoms with Gasteiger partial charge in [0.2, 0.25) is 0 Å². The van der Waals surface area contributed by atoms with Crippen molar-refractivity contribution in [3.05, 3.63) is 65.7 Å². The quantitative estimate of drug-likeness (QED) is 0.211. The lowest BCUT2D eigenvalue weighted by atomic mass is 10.2. The van der Waals surface area contributed by atoms with Crippen LogP contribution in [0.5, 0.6) is 5.75 Å². The Balaban J connectivity index is 1.88. The molecule has 20 heavy (non-hydrogen) atoms. The molecule has 3 N–H and O–H groups in total. The maximum Gasteiger partial charge on any atom is 0.189 e. The smallest absolute Gasteiger partial charge is 0.189 e. The first-order valence-electron chi connectivity index (χ1n) is 6.12. The van der Waals surface area contributed by atoms with E-state index in [-0.39, 0.29) is 12.6 Å². The molecule has 2 aromatic rings. The van der Waals surface area contributed by atoms with Gasteiger partial charge in [0.15, 0.2) is 12.6 Å². The first-order valence-corrected chi connectivity index (χ1v) is 6.12. The van der Waals surface area contributed by atoms with Gasteiger partial charge in [-0.25, -0.2) is 0 Å².